The average Bonchev–Trinajstić information content (AvgIpc) is 2.38. The van der Waals surface area contributed by atoms with E-state index in [9.17, 15) is 20.2 Å². The Morgan fingerprint density at radius 3 is 2.16 bits per heavy atom. The maximum Gasteiger partial charge on any atom is 0.277 e. The Bertz CT molecular complexity index is 667. The lowest BCUT2D eigenvalue weighted by Crippen LogP contribution is -1.95. The number of hydrogen-bond donors (Lipinski definition) is 0. The van der Waals surface area contributed by atoms with Crippen LogP contribution < -0.4 is 0 Å². The van der Waals surface area contributed by atoms with Crippen LogP contribution >= 0.6 is 0 Å². The zero-order chi connectivity index (χ0) is 14.0. The van der Waals surface area contributed by atoms with Crippen molar-refractivity contribution in [1.82, 2.24) is 0 Å². The normalized spacial score (nSPS) is 10.2. The molecule has 2 aromatic rings. The number of non-ortho nitro benzene ring substituents is 1. The Hall–Kier alpha value is -2.76. The van der Waals surface area contributed by atoms with Crippen LogP contribution in [0.4, 0.5) is 11.4 Å². The molecule has 0 N–H and O–H groups in total. The van der Waals surface area contributed by atoms with E-state index < -0.39 is 9.85 Å². The zero-order valence-corrected chi connectivity index (χ0v) is 10.1. The van der Waals surface area contributed by atoms with Crippen molar-refractivity contribution in [2.45, 2.75) is 6.92 Å². The number of aryl methyl sites for hydroxylation is 1. The van der Waals surface area contributed by atoms with Crippen LogP contribution in [0.5, 0.6) is 0 Å². The molecular weight excluding hydrogens is 248 g/mol. The molecule has 0 fully saturated rings. The van der Waals surface area contributed by atoms with Gasteiger partial charge in [-0.2, -0.15) is 0 Å². The van der Waals surface area contributed by atoms with Gasteiger partial charge in [0.05, 0.1) is 15.4 Å². The summed E-state index contributed by atoms with van der Waals surface area (Å²) >= 11 is 0. The largest absolute Gasteiger partial charge is 0.277 e. The lowest BCUT2D eigenvalue weighted by atomic mass is 9.98. The van der Waals surface area contributed by atoms with Gasteiger partial charge in [-0.05, 0) is 18.1 Å². The van der Waals surface area contributed by atoms with E-state index in [1.165, 1.54) is 12.1 Å². The standard InChI is InChI=1S/C13H10N2O4/c1-9-4-2-3-5-11(9)12-8-10(14(16)17)6-7-13(12)15(18)19/h2-8H,1H3. The van der Waals surface area contributed by atoms with Gasteiger partial charge in [0.1, 0.15) is 0 Å². The van der Waals surface area contributed by atoms with Gasteiger partial charge in [-0.1, -0.05) is 24.3 Å². The number of hydrogen-bond acceptors (Lipinski definition) is 4. The van der Waals surface area contributed by atoms with Gasteiger partial charge < -0.3 is 0 Å². The van der Waals surface area contributed by atoms with Gasteiger partial charge in [0.2, 0.25) is 0 Å². The predicted molar refractivity (Wildman–Crippen MR) is 69.9 cm³/mol. The van der Waals surface area contributed by atoms with Crippen LogP contribution in [-0.2, 0) is 0 Å². The first kappa shape index (κ1) is 12.7. The fraction of sp³-hybridized carbons (Fsp3) is 0.0769. The maximum absolute atomic E-state index is 11.0. The highest BCUT2D eigenvalue weighted by atomic mass is 16.6. The fourth-order valence-corrected chi connectivity index (χ4v) is 1.89. The van der Waals surface area contributed by atoms with E-state index in [1.54, 1.807) is 25.1 Å². The number of rotatable bonds is 3. The van der Waals surface area contributed by atoms with Crippen molar-refractivity contribution in [3.05, 3.63) is 68.3 Å². The minimum Gasteiger partial charge on any atom is -0.258 e. The fourth-order valence-electron chi connectivity index (χ4n) is 1.89. The molecule has 0 saturated heterocycles. The molecule has 6 nitrogen and oxygen atoms in total. The molecule has 0 bridgehead atoms. The summed E-state index contributed by atoms with van der Waals surface area (Å²) in [5.41, 5.74) is 1.41. The molecule has 0 aliphatic heterocycles. The van der Waals surface area contributed by atoms with Crippen LogP contribution in [0.25, 0.3) is 11.1 Å². The lowest BCUT2D eigenvalue weighted by Gasteiger charge is -2.06. The SMILES string of the molecule is Cc1ccccc1-c1cc([N+](=O)[O-])ccc1[N+](=O)[O-]. The minimum atomic E-state index is -0.564. The molecule has 0 aliphatic rings. The van der Waals surface area contributed by atoms with E-state index in [4.69, 9.17) is 0 Å². The summed E-state index contributed by atoms with van der Waals surface area (Å²) in [7, 11) is 0. The van der Waals surface area contributed by atoms with E-state index >= 15 is 0 Å². The molecule has 0 aliphatic carbocycles. The van der Waals surface area contributed by atoms with Gasteiger partial charge in [-0.3, -0.25) is 20.2 Å². The van der Waals surface area contributed by atoms with Crippen molar-refractivity contribution in [2.75, 3.05) is 0 Å². The molecule has 0 heterocycles. The topological polar surface area (TPSA) is 86.3 Å². The first-order valence-corrected chi connectivity index (χ1v) is 5.49. The molecule has 0 unspecified atom stereocenters. The van der Waals surface area contributed by atoms with Crippen molar-refractivity contribution in [2.24, 2.45) is 0 Å². The van der Waals surface area contributed by atoms with Crippen LogP contribution in [0.2, 0.25) is 0 Å². The highest BCUT2D eigenvalue weighted by Gasteiger charge is 2.20. The van der Waals surface area contributed by atoms with Gasteiger partial charge >= 0.3 is 0 Å². The summed E-state index contributed by atoms with van der Waals surface area (Å²) in [4.78, 5) is 20.7. The van der Waals surface area contributed by atoms with E-state index in [1.807, 2.05) is 6.07 Å². The van der Waals surface area contributed by atoms with Gasteiger partial charge in [-0.25, -0.2) is 0 Å². The quantitative estimate of drug-likeness (QED) is 0.622. The third-order valence-electron chi connectivity index (χ3n) is 2.82. The smallest absolute Gasteiger partial charge is 0.258 e. The van der Waals surface area contributed by atoms with Crippen LogP contribution in [0.15, 0.2) is 42.5 Å². The van der Waals surface area contributed by atoms with Crippen LogP contribution in [0.1, 0.15) is 5.56 Å². The van der Waals surface area contributed by atoms with Crippen LogP contribution in [-0.4, -0.2) is 9.85 Å². The summed E-state index contributed by atoms with van der Waals surface area (Å²) in [6.07, 6.45) is 0. The van der Waals surface area contributed by atoms with E-state index in [0.29, 0.717) is 5.56 Å². The van der Waals surface area contributed by atoms with E-state index in [-0.39, 0.29) is 16.9 Å². The van der Waals surface area contributed by atoms with Crippen molar-refractivity contribution >= 4 is 11.4 Å². The Morgan fingerprint density at radius 1 is 0.895 bits per heavy atom. The molecule has 0 spiro atoms. The van der Waals surface area contributed by atoms with Gasteiger partial charge in [0.15, 0.2) is 0 Å². The van der Waals surface area contributed by atoms with Gasteiger partial charge in [0, 0.05) is 18.2 Å². The molecule has 0 radical (unpaired) electrons. The summed E-state index contributed by atoms with van der Waals surface area (Å²) in [6, 6.07) is 10.6. The van der Waals surface area contributed by atoms with Crippen molar-refractivity contribution in [3.8, 4) is 11.1 Å². The molecule has 0 amide bonds. The molecular formula is C13H10N2O4. The predicted octanol–water partition coefficient (Wildman–Crippen LogP) is 3.48. The highest BCUT2D eigenvalue weighted by Crippen LogP contribution is 2.34. The molecule has 0 atom stereocenters. The second-order valence-electron chi connectivity index (χ2n) is 4.03. The number of nitrogens with zero attached hydrogens (tertiary/aromatic N) is 2. The molecule has 2 aromatic carbocycles. The summed E-state index contributed by atoms with van der Waals surface area (Å²) in [5.74, 6) is 0. The molecule has 0 aromatic heterocycles. The van der Waals surface area contributed by atoms with Crippen molar-refractivity contribution < 1.29 is 9.85 Å². The van der Waals surface area contributed by atoms with Gasteiger partial charge in [0.25, 0.3) is 11.4 Å². The Morgan fingerprint density at radius 2 is 1.58 bits per heavy atom. The first-order valence-electron chi connectivity index (χ1n) is 5.49. The minimum absolute atomic E-state index is 0.139. The third kappa shape index (κ3) is 2.42. The van der Waals surface area contributed by atoms with Crippen LogP contribution in [0.3, 0.4) is 0 Å². The summed E-state index contributed by atoms with van der Waals surface area (Å²) in [5, 5.41) is 21.8. The second kappa shape index (κ2) is 4.85. The zero-order valence-electron chi connectivity index (χ0n) is 10.1. The molecule has 96 valence electrons. The first-order chi connectivity index (χ1) is 9.00. The number of benzene rings is 2. The van der Waals surface area contributed by atoms with Gasteiger partial charge in [-0.15, -0.1) is 0 Å². The third-order valence-corrected chi connectivity index (χ3v) is 2.82. The van der Waals surface area contributed by atoms with Crippen molar-refractivity contribution in [1.29, 1.82) is 0 Å². The highest BCUT2D eigenvalue weighted by molar-refractivity contribution is 5.77. The molecule has 19 heavy (non-hydrogen) atoms. The monoisotopic (exact) mass is 258 g/mol. The van der Waals surface area contributed by atoms with Crippen LogP contribution in [0, 0.1) is 27.2 Å². The van der Waals surface area contributed by atoms with E-state index in [2.05, 4.69) is 0 Å². The second-order valence-corrected chi connectivity index (χ2v) is 4.03. The average molecular weight is 258 g/mol. The van der Waals surface area contributed by atoms with Crippen molar-refractivity contribution in [3.63, 3.8) is 0 Å². The van der Waals surface area contributed by atoms with E-state index in [0.717, 1.165) is 11.6 Å². The lowest BCUT2D eigenvalue weighted by molar-refractivity contribution is -0.388. The number of nitro groups is 2. The number of nitro benzene ring substituents is 2. The Labute approximate surface area is 108 Å². The maximum atomic E-state index is 11.0. The molecule has 0 saturated carbocycles. The Balaban J connectivity index is 2.72. The summed E-state index contributed by atoms with van der Waals surface area (Å²) in [6.45, 7) is 1.80. The molecule has 6 heteroatoms. The Kier molecular flexibility index (Phi) is 3.24. The molecule has 2 rings (SSSR count). The summed E-state index contributed by atoms with van der Waals surface area (Å²) < 4.78 is 0.